The molecule has 0 amide bonds. The van der Waals surface area contributed by atoms with E-state index in [2.05, 4.69) is 48.9 Å². The number of nitrogens with one attached hydrogen (secondary N) is 1. The maximum Gasteiger partial charge on any atom is 0.120 e. The van der Waals surface area contributed by atoms with E-state index >= 15 is 0 Å². The van der Waals surface area contributed by atoms with Crippen LogP contribution in [0.2, 0.25) is 0 Å². The summed E-state index contributed by atoms with van der Waals surface area (Å²) in [5.74, 6) is 0.934. The number of hydrogen-bond donors (Lipinski definition) is 1. The summed E-state index contributed by atoms with van der Waals surface area (Å²) in [4.78, 5) is 7.90. The maximum absolute atomic E-state index is 5.81. The third-order valence-corrected chi connectivity index (χ3v) is 4.62. The second-order valence-electron chi connectivity index (χ2n) is 6.10. The molecule has 0 saturated heterocycles. The molecule has 23 heavy (non-hydrogen) atoms. The molecular weight excluding hydrogens is 284 g/mol. The third kappa shape index (κ3) is 2.07. The van der Waals surface area contributed by atoms with Crippen LogP contribution in [0.15, 0.2) is 36.7 Å². The van der Waals surface area contributed by atoms with Gasteiger partial charge >= 0.3 is 0 Å². The Bertz CT molecular complexity index is 1030. The standard InChI is InChI=1S/C20H20N2O/c1-4-9-23-14-5-6-18-16(10-14)19-12(2)17-11-21-8-7-15(17)13(3)20(19)22-18/h5-8,10-11,22H,4,9H2,1-3H3. The van der Waals surface area contributed by atoms with E-state index in [4.69, 9.17) is 4.74 Å². The lowest BCUT2D eigenvalue weighted by molar-refractivity contribution is 0.318. The number of aromatic amines is 1. The van der Waals surface area contributed by atoms with Crippen LogP contribution in [0.5, 0.6) is 5.75 Å². The lowest BCUT2D eigenvalue weighted by atomic mass is 9.97. The van der Waals surface area contributed by atoms with Crippen LogP contribution in [0.1, 0.15) is 24.5 Å². The van der Waals surface area contributed by atoms with Gasteiger partial charge in [-0.2, -0.15) is 0 Å². The molecule has 1 N–H and O–H groups in total. The SMILES string of the molecule is CCCOc1ccc2[nH]c3c(C)c4ccncc4c(C)c3c2c1. The summed E-state index contributed by atoms with van der Waals surface area (Å²) in [7, 11) is 0. The van der Waals surface area contributed by atoms with Crippen LogP contribution in [-0.4, -0.2) is 16.6 Å². The van der Waals surface area contributed by atoms with E-state index in [1.807, 2.05) is 18.5 Å². The van der Waals surface area contributed by atoms with Crippen LogP contribution in [0, 0.1) is 13.8 Å². The number of hydrogen-bond acceptors (Lipinski definition) is 2. The quantitative estimate of drug-likeness (QED) is 0.559. The van der Waals surface area contributed by atoms with Gasteiger partial charge in [-0.25, -0.2) is 0 Å². The predicted octanol–water partition coefficient (Wildman–Crippen LogP) is 5.27. The van der Waals surface area contributed by atoms with E-state index in [0.717, 1.165) is 24.3 Å². The van der Waals surface area contributed by atoms with Gasteiger partial charge in [0, 0.05) is 34.1 Å². The molecule has 4 aromatic rings. The van der Waals surface area contributed by atoms with Crippen LogP contribution in [0.3, 0.4) is 0 Å². The first-order chi connectivity index (χ1) is 11.2. The molecule has 0 saturated carbocycles. The number of aromatic nitrogens is 2. The molecule has 0 unspecified atom stereocenters. The number of rotatable bonds is 3. The fourth-order valence-corrected chi connectivity index (χ4v) is 3.44. The van der Waals surface area contributed by atoms with Gasteiger partial charge in [0.15, 0.2) is 0 Å². The molecule has 0 atom stereocenters. The van der Waals surface area contributed by atoms with Gasteiger partial charge in [0.2, 0.25) is 0 Å². The van der Waals surface area contributed by atoms with Crippen molar-refractivity contribution in [2.45, 2.75) is 27.2 Å². The van der Waals surface area contributed by atoms with E-state index in [1.165, 1.54) is 38.2 Å². The van der Waals surface area contributed by atoms with Crippen molar-refractivity contribution in [3.63, 3.8) is 0 Å². The molecule has 0 radical (unpaired) electrons. The fourth-order valence-electron chi connectivity index (χ4n) is 3.44. The van der Waals surface area contributed by atoms with Crippen LogP contribution >= 0.6 is 0 Å². The number of benzene rings is 2. The number of nitrogens with zero attached hydrogens (tertiary/aromatic N) is 1. The first kappa shape index (κ1) is 14.1. The van der Waals surface area contributed by atoms with Gasteiger partial charge in [0.05, 0.1) is 12.1 Å². The number of ether oxygens (including phenoxy) is 1. The average molecular weight is 304 g/mol. The highest BCUT2D eigenvalue weighted by atomic mass is 16.5. The lowest BCUT2D eigenvalue weighted by Crippen LogP contribution is -1.94. The molecular formula is C20H20N2O. The zero-order chi connectivity index (χ0) is 16.0. The molecule has 3 nitrogen and oxygen atoms in total. The van der Waals surface area contributed by atoms with Crippen LogP contribution in [-0.2, 0) is 0 Å². The van der Waals surface area contributed by atoms with Gasteiger partial charge in [-0.1, -0.05) is 6.92 Å². The molecule has 0 bridgehead atoms. The molecule has 0 aliphatic rings. The molecule has 3 heteroatoms. The molecule has 0 fully saturated rings. The number of fused-ring (bicyclic) bond motifs is 4. The Morgan fingerprint density at radius 2 is 1.91 bits per heavy atom. The molecule has 2 aromatic carbocycles. The molecule has 0 aliphatic carbocycles. The zero-order valence-electron chi connectivity index (χ0n) is 13.7. The second kappa shape index (κ2) is 5.27. The van der Waals surface area contributed by atoms with E-state index in [1.54, 1.807) is 0 Å². The summed E-state index contributed by atoms with van der Waals surface area (Å²) >= 11 is 0. The molecule has 0 aliphatic heterocycles. The van der Waals surface area contributed by atoms with Crippen molar-refractivity contribution >= 4 is 32.6 Å². The van der Waals surface area contributed by atoms with Crippen LogP contribution < -0.4 is 4.74 Å². The van der Waals surface area contributed by atoms with Gasteiger partial charge in [-0.15, -0.1) is 0 Å². The summed E-state index contributed by atoms with van der Waals surface area (Å²) in [5, 5.41) is 4.98. The Labute approximate surface area is 135 Å². The fraction of sp³-hybridized carbons (Fsp3) is 0.250. The van der Waals surface area contributed by atoms with Crippen molar-refractivity contribution in [2.24, 2.45) is 0 Å². The topological polar surface area (TPSA) is 37.9 Å². The van der Waals surface area contributed by atoms with E-state index < -0.39 is 0 Å². The summed E-state index contributed by atoms with van der Waals surface area (Å²) < 4.78 is 5.81. The summed E-state index contributed by atoms with van der Waals surface area (Å²) in [6, 6.07) is 8.40. The maximum atomic E-state index is 5.81. The van der Waals surface area contributed by atoms with Gasteiger partial charge in [-0.3, -0.25) is 4.98 Å². The van der Waals surface area contributed by atoms with E-state index in [0.29, 0.717) is 0 Å². The number of aryl methyl sites for hydroxylation is 2. The first-order valence-electron chi connectivity index (χ1n) is 8.12. The smallest absolute Gasteiger partial charge is 0.120 e. The molecule has 2 aromatic heterocycles. The minimum absolute atomic E-state index is 0.749. The van der Waals surface area contributed by atoms with Gasteiger partial charge in [0.25, 0.3) is 0 Å². The largest absolute Gasteiger partial charge is 0.494 e. The summed E-state index contributed by atoms with van der Waals surface area (Å²) in [6.07, 6.45) is 4.84. The van der Waals surface area contributed by atoms with Crippen molar-refractivity contribution in [3.8, 4) is 5.75 Å². The third-order valence-electron chi connectivity index (χ3n) is 4.62. The van der Waals surface area contributed by atoms with Crippen molar-refractivity contribution in [3.05, 3.63) is 47.8 Å². The Kier molecular flexibility index (Phi) is 3.22. The Morgan fingerprint density at radius 3 is 2.74 bits per heavy atom. The van der Waals surface area contributed by atoms with E-state index in [9.17, 15) is 0 Å². The Hall–Kier alpha value is -2.55. The normalized spacial score (nSPS) is 11.6. The minimum Gasteiger partial charge on any atom is -0.494 e. The summed E-state index contributed by atoms with van der Waals surface area (Å²) in [6.45, 7) is 7.22. The molecule has 116 valence electrons. The highest BCUT2D eigenvalue weighted by Gasteiger charge is 2.14. The predicted molar refractivity (Wildman–Crippen MR) is 96.4 cm³/mol. The van der Waals surface area contributed by atoms with Crippen molar-refractivity contribution in [1.82, 2.24) is 9.97 Å². The monoisotopic (exact) mass is 304 g/mol. The first-order valence-corrected chi connectivity index (χ1v) is 8.12. The lowest BCUT2D eigenvalue weighted by Gasteiger charge is -2.08. The van der Waals surface area contributed by atoms with E-state index in [-0.39, 0.29) is 0 Å². The highest BCUT2D eigenvalue weighted by Crippen LogP contribution is 2.37. The summed E-state index contributed by atoms with van der Waals surface area (Å²) in [5.41, 5.74) is 4.91. The average Bonchev–Trinajstić information content (AvgIpc) is 2.97. The number of pyridine rings is 1. The van der Waals surface area contributed by atoms with Crippen molar-refractivity contribution in [2.75, 3.05) is 6.61 Å². The van der Waals surface area contributed by atoms with Crippen molar-refractivity contribution < 1.29 is 4.74 Å². The molecule has 2 heterocycles. The number of H-pyrrole nitrogens is 1. The van der Waals surface area contributed by atoms with Gasteiger partial charge < -0.3 is 9.72 Å². The second-order valence-corrected chi connectivity index (χ2v) is 6.10. The minimum atomic E-state index is 0.749. The van der Waals surface area contributed by atoms with Crippen LogP contribution in [0.4, 0.5) is 0 Å². The van der Waals surface area contributed by atoms with Crippen LogP contribution in [0.25, 0.3) is 32.6 Å². The van der Waals surface area contributed by atoms with Gasteiger partial charge in [0.1, 0.15) is 5.75 Å². The van der Waals surface area contributed by atoms with Crippen molar-refractivity contribution in [1.29, 1.82) is 0 Å². The Balaban J connectivity index is 2.09. The zero-order valence-corrected chi connectivity index (χ0v) is 13.7. The molecule has 0 spiro atoms. The Morgan fingerprint density at radius 1 is 1.04 bits per heavy atom. The highest BCUT2D eigenvalue weighted by molar-refractivity contribution is 6.16. The molecule has 4 rings (SSSR count). The van der Waals surface area contributed by atoms with Gasteiger partial charge in [-0.05, 0) is 61.0 Å².